The van der Waals surface area contributed by atoms with Crippen molar-refractivity contribution >= 4 is 0 Å². The first-order chi connectivity index (χ1) is 8.61. The van der Waals surface area contributed by atoms with Crippen molar-refractivity contribution < 1.29 is 5.11 Å². The Morgan fingerprint density at radius 2 is 1.94 bits per heavy atom. The largest absolute Gasteiger partial charge is 0.392 e. The maximum absolute atomic E-state index is 8.77. The number of allylic oxidation sites excluding steroid dienone is 3. The molecule has 0 aliphatic rings. The van der Waals surface area contributed by atoms with Crippen molar-refractivity contribution in [1.82, 2.24) is 0 Å². The van der Waals surface area contributed by atoms with Crippen LogP contribution in [0.5, 0.6) is 0 Å². The minimum Gasteiger partial charge on any atom is -0.392 e. The van der Waals surface area contributed by atoms with Crippen LogP contribution in [0.3, 0.4) is 0 Å². The maximum Gasteiger partial charge on any atom is 0.0614 e. The summed E-state index contributed by atoms with van der Waals surface area (Å²) in [5.41, 5.74) is 5.38. The van der Waals surface area contributed by atoms with E-state index in [1.807, 2.05) is 6.08 Å². The summed E-state index contributed by atoms with van der Waals surface area (Å²) >= 11 is 0. The van der Waals surface area contributed by atoms with Crippen LogP contribution in [0.15, 0.2) is 47.6 Å². The van der Waals surface area contributed by atoms with Gasteiger partial charge in [0.25, 0.3) is 0 Å². The molecule has 1 rings (SSSR count). The second-order valence-electron chi connectivity index (χ2n) is 4.99. The lowest BCUT2D eigenvalue weighted by molar-refractivity contribution is 0.341. The Labute approximate surface area is 111 Å². The number of aliphatic hydroxyl groups is 1. The van der Waals surface area contributed by atoms with Crippen LogP contribution in [0.1, 0.15) is 37.8 Å². The van der Waals surface area contributed by atoms with E-state index in [1.54, 1.807) is 0 Å². The summed E-state index contributed by atoms with van der Waals surface area (Å²) in [5.74, 6) is 0. The Morgan fingerprint density at radius 3 is 2.61 bits per heavy atom. The van der Waals surface area contributed by atoms with E-state index in [2.05, 4.69) is 51.1 Å². The summed E-state index contributed by atoms with van der Waals surface area (Å²) < 4.78 is 0. The van der Waals surface area contributed by atoms with E-state index in [0.29, 0.717) is 0 Å². The lowest BCUT2D eigenvalue weighted by Gasteiger charge is -2.04. The van der Waals surface area contributed by atoms with Crippen molar-refractivity contribution in [3.05, 3.63) is 58.7 Å². The fourth-order valence-corrected chi connectivity index (χ4v) is 2.02. The molecule has 0 aromatic heterocycles. The highest BCUT2D eigenvalue weighted by Crippen LogP contribution is 2.12. The minimum atomic E-state index is 0.151. The summed E-state index contributed by atoms with van der Waals surface area (Å²) in [6.07, 6.45) is 7.30. The topological polar surface area (TPSA) is 20.2 Å². The van der Waals surface area contributed by atoms with Gasteiger partial charge in [-0.25, -0.2) is 0 Å². The quantitative estimate of drug-likeness (QED) is 0.743. The monoisotopic (exact) mass is 244 g/mol. The molecule has 1 nitrogen and oxygen atoms in total. The van der Waals surface area contributed by atoms with Crippen LogP contribution >= 0.6 is 0 Å². The molecule has 0 saturated carbocycles. The van der Waals surface area contributed by atoms with Crippen LogP contribution in [0.4, 0.5) is 0 Å². The molecule has 1 aromatic rings. The van der Waals surface area contributed by atoms with Crippen LogP contribution in [0.25, 0.3) is 0 Å². The summed E-state index contributed by atoms with van der Waals surface area (Å²) in [6.45, 7) is 6.54. The Kier molecular flexibility index (Phi) is 6.45. The van der Waals surface area contributed by atoms with Gasteiger partial charge in [-0.2, -0.15) is 0 Å². The van der Waals surface area contributed by atoms with Gasteiger partial charge in [0, 0.05) is 0 Å². The zero-order valence-electron chi connectivity index (χ0n) is 11.7. The van der Waals surface area contributed by atoms with Gasteiger partial charge in [0.2, 0.25) is 0 Å². The van der Waals surface area contributed by atoms with E-state index in [-0.39, 0.29) is 6.61 Å². The summed E-state index contributed by atoms with van der Waals surface area (Å²) in [6, 6.07) is 8.67. The van der Waals surface area contributed by atoms with Crippen LogP contribution in [-0.2, 0) is 6.42 Å². The number of hydrogen-bond acceptors (Lipinski definition) is 1. The first kappa shape index (κ1) is 14.7. The van der Waals surface area contributed by atoms with Gasteiger partial charge < -0.3 is 5.11 Å². The van der Waals surface area contributed by atoms with Crippen LogP contribution in [0, 0.1) is 6.92 Å². The predicted octanol–water partition coefficient (Wildman–Crippen LogP) is 4.20. The fraction of sp³-hybridized carbons (Fsp3) is 0.412. The zero-order chi connectivity index (χ0) is 13.4. The van der Waals surface area contributed by atoms with E-state index in [1.165, 1.54) is 22.3 Å². The van der Waals surface area contributed by atoms with E-state index < -0.39 is 0 Å². The molecule has 0 unspecified atom stereocenters. The lowest BCUT2D eigenvalue weighted by atomic mass is 10.0. The van der Waals surface area contributed by atoms with Crippen LogP contribution in [0.2, 0.25) is 0 Å². The van der Waals surface area contributed by atoms with Crippen molar-refractivity contribution in [2.24, 2.45) is 0 Å². The summed E-state index contributed by atoms with van der Waals surface area (Å²) in [7, 11) is 0. The third-order valence-corrected chi connectivity index (χ3v) is 3.04. The number of rotatable bonds is 6. The molecule has 1 heteroatoms. The highest BCUT2D eigenvalue weighted by Gasteiger charge is 1.95. The van der Waals surface area contributed by atoms with Gasteiger partial charge in [0.1, 0.15) is 0 Å². The molecule has 0 saturated heterocycles. The lowest BCUT2D eigenvalue weighted by Crippen LogP contribution is -1.88. The highest BCUT2D eigenvalue weighted by molar-refractivity contribution is 5.26. The molecule has 1 aromatic carbocycles. The smallest absolute Gasteiger partial charge is 0.0614 e. The molecule has 0 aliphatic heterocycles. The standard InChI is InChI=1S/C17H24O/c1-14(10-11-18)6-4-7-15(2)12-17-9-5-8-16(3)13-17/h5,7-10,13,18H,4,6,11-12H2,1-3H3/b14-10+,15-7+. The van der Waals surface area contributed by atoms with Crippen LogP contribution < -0.4 is 0 Å². The van der Waals surface area contributed by atoms with E-state index >= 15 is 0 Å². The maximum atomic E-state index is 8.77. The third kappa shape index (κ3) is 5.83. The molecular formula is C17H24O. The molecule has 1 N–H and O–H groups in total. The van der Waals surface area contributed by atoms with Gasteiger partial charge in [0.15, 0.2) is 0 Å². The number of aryl methyl sites for hydroxylation is 1. The Balaban J connectivity index is 2.45. The average molecular weight is 244 g/mol. The normalized spacial score (nSPS) is 12.9. The molecule has 18 heavy (non-hydrogen) atoms. The first-order valence-corrected chi connectivity index (χ1v) is 6.59. The second kappa shape index (κ2) is 7.88. The molecule has 0 fully saturated rings. The highest BCUT2D eigenvalue weighted by atomic mass is 16.2. The fourth-order valence-electron chi connectivity index (χ4n) is 2.02. The molecule has 0 spiro atoms. The second-order valence-corrected chi connectivity index (χ2v) is 4.99. The number of benzene rings is 1. The Hall–Kier alpha value is -1.34. The molecule has 0 aliphatic carbocycles. The van der Waals surface area contributed by atoms with Crippen molar-refractivity contribution in [3.8, 4) is 0 Å². The predicted molar refractivity (Wildman–Crippen MR) is 78.7 cm³/mol. The van der Waals surface area contributed by atoms with Gasteiger partial charge >= 0.3 is 0 Å². The average Bonchev–Trinajstić information content (AvgIpc) is 2.29. The minimum absolute atomic E-state index is 0.151. The van der Waals surface area contributed by atoms with Gasteiger partial charge in [-0.1, -0.05) is 53.1 Å². The SMILES string of the molecule is C/C(=C\CO)CC/C=C(\C)Cc1cccc(C)c1. The Morgan fingerprint density at radius 1 is 1.17 bits per heavy atom. The molecule has 98 valence electrons. The molecule has 0 atom stereocenters. The first-order valence-electron chi connectivity index (χ1n) is 6.59. The van der Waals surface area contributed by atoms with Gasteiger partial charge in [-0.15, -0.1) is 0 Å². The number of aliphatic hydroxyl groups excluding tert-OH is 1. The van der Waals surface area contributed by atoms with Gasteiger partial charge in [-0.05, 0) is 45.6 Å². The van der Waals surface area contributed by atoms with E-state index in [0.717, 1.165) is 19.3 Å². The van der Waals surface area contributed by atoms with Crippen molar-refractivity contribution in [1.29, 1.82) is 0 Å². The van der Waals surface area contributed by atoms with Crippen molar-refractivity contribution in [3.63, 3.8) is 0 Å². The molecule has 0 bridgehead atoms. The van der Waals surface area contributed by atoms with Crippen molar-refractivity contribution in [2.75, 3.05) is 6.61 Å². The molecular weight excluding hydrogens is 220 g/mol. The molecule has 0 heterocycles. The molecule has 0 radical (unpaired) electrons. The van der Waals surface area contributed by atoms with Gasteiger partial charge in [0.05, 0.1) is 6.61 Å². The van der Waals surface area contributed by atoms with Crippen LogP contribution in [-0.4, -0.2) is 11.7 Å². The summed E-state index contributed by atoms with van der Waals surface area (Å²) in [5, 5.41) is 8.77. The Bertz CT molecular complexity index is 427. The molecule has 0 amide bonds. The van der Waals surface area contributed by atoms with Gasteiger partial charge in [-0.3, -0.25) is 0 Å². The van der Waals surface area contributed by atoms with E-state index in [4.69, 9.17) is 5.11 Å². The zero-order valence-corrected chi connectivity index (χ0v) is 11.7. The number of hydrogen-bond donors (Lipinski definition) is 1. The van der Waals surface area contributed by atoms with E-state index in [9.17, 15) is 0 Å². The third-order valence-electron chi connectivity index (χ3n) is 3.04. The summed E-state index contributed by atoms with van der Waals surface area (Å²) in [4.78, 5) is 0. The van der Waals surface area contributed by atoms with Crippen molar-refractivity contribution in [2.45, 2.75) is 40.0 Å².